The summed E-state index contributed by atoms with van der Waals surface area (Å²) in [5.74, 6) is 0.803. The lowest BCUT2D eigenvalue weighted by Gasteiger charge is -2.32. The Balaban J connectivity index is 1.55. The lowest BCUT2D eigenvalue weighted by molar-refractivity contribution is -0.125. The Morgan fingerprint density at radius 1 is 1.22 bits per heavy atom. The molecule has 32 heavy (non-hydrogen) atoms. The zero-order chi connectivity index (χ0) is 22.5. The minimum absolute atomic E-state index is 0.0636. The number of amides is 1. The average Bonchev–Trinajstić information content (AvgIpc) is 3.17. The molecule has 0 spiro atoms. The van der Waals surface area contributed by atoms with Gasteiger partial charge in [0.15, 0.2) is 5.82 Å². The van der Waals surface area contributed by atoms with Gasteiger partial charge in [-0.3, -0.25) is 4.79 Å². The van der Waals surface area contributed by atoms with E-state index in [-0.39, 0.29) is 11.8 Å². The summed E-state index contributed by atoms with van der Waals surface area (Å²) in [4.78, 5) is 14.9. The molecule has 0 saturated carbocycles. The fourth-order valence-electron chi connectivity index (χ4n) is 4.40. The number of fused-ring (bicyclic) bond motifs is 1. The SMILES string of the molecule is CCOCCCNC(=O)[C@@H]1CCCN(c2nnc(C)c3c(C)n(-c4ccccc4)nc23)C1. The molecule has 170 valence electrons. The maximum absolute atomic E-state index is 12.7. The second-order valence-electron chi connectivity index (χ2n) is 8.29. The highest BCUT2D eigenvalue weighted by molar-refractivity contribution is 5.92. The van der Waals surface area contributed by atoms with Gasteiger partial charge in [-0.05, 0) is 52.2 Å². The molecule has 1 amide bonds. The summed E-state index contributed by atoms with van der Waals surface area (Å²) < 4.78 is 7.30. The number of anilines is 1. The van der Waals surface area contributed by atoms with E-state index in [0.29, 0.717) is 26.3 Å². The molecule has 0 unspecified atom stereocenters. The van der Waals surface area contributed by atoms with Crippen LogP contribution in [0.15, 0.2) is 30.3 Å². The zero-order valence-electron chi connectivity index (χ0n) is 19.2. The summed E-state index contributed by atoms with van der Waals surface area (Å²) in [5.41, 5.74) is 3.76. The van der Waals surface area contributed by atoms with Crippen LogP contribution in [0.25, 0.3) is 16.6 Å². The van der Waals surface area contributed by atoms with E-state index in [4.69, 9.17) is 9.84 Å². The number of hydrogen-bond donors (Lipinski definition) is 1. The molecule has 4 rings (SSSR count). The lowest BCUT2D eigenvalue weighted by Crippen LogP contribution is -2.43. The van der Waals surface area contributed by atoms with Gasteiger partial charge in [0.2, 0.25) is 5.91 Å². The maximum Gasteiger partial charge on any atom is 0.224 e. The van der Waals surface area contributed by atoms with Crippen LogP contribution in [-0.4, -0.2) is 58.7 Å². The van der Waals surface area contributed by atoms with Crippen molar-refractivity contribution in [2.45, 2.75) is 40.0 Å². The monoisotopic (exact) mass is 436 g/mol. The lowest BCUT2D eigenvalue weighted by atomic mass is 9.97. The van der Waals surface area contributed by atoms with Gasteiger partial charge in [-0.15, -0.1) is 5.10 Å². The zero-order valence-corrected chi connectivity index (χ0v) is 19.2. The first kappa shape index (κ1) is 22.2. The number of nitrogens with one attached hydrogen (secondary N) is 1. The number of carbonyl (C=O) groups excluding carboxylic acids is 1. The maximum atomic E-state index is 12.7. The van der Waals surface area contributed by atoms with E-state index < -0.39 is 0 Å². The number of para-hydroxylation sites is 1. The van der Waals surface area contributed by atoms with Crippen molar-refractivity contribution in [2.75, 3.05) is 37.7 Å². The van der Waals surface area contributed by atoms with Crippen molar-refractivity contribution in [1.82, 2.24) is 25.3 Å². The summed E-state index contributed by atoms with van der Waals surface area (Å²) in [6.45, 7) is 9.51. The molecule has 3 heterocycles. The summed E-state index contributed by atoms with van der Waals surface area (Å²) in [6.07, 6.45) is 2.65. The minimum atomic E-state index is -0.0636. The molecule has 3 aromatic rings. The van der Waals surface area contributed by atoms with E-state index in [1.54, 1.807) is 0 Å². The van der Waals surface area contributed by atoms with E-state index in [1.807, 2.05) is 48.9 Å². The van der Waals surface area contributed by atoms with Crippen LogP contribution in [0, 0.1) is 19.8 Å². The molecular formula is C24H32N6O2. The molecule has 0 aliphatic carbocycles. The molecule has 1 aromatic carbocycles. The standard InChI is InChI=1S/C24H32N6O2/c1-4-32-15-9-13-25-24(31)19-10-8-14-29(16-19)23-22-21(17(2)26-27-23)18(3)30(28-22)20-11-6-5-7-12-20/h5-7,11-12,19H,4,8-10,13-16H2,1-3H3,(H,25,31)/t19-/m1/s1. The Kier molecular flexibility index (Phi) is 6.99. The molecule has 1 atom stereocenters. The molecule has 1 fully saturated rings. The minimum Gasteiger partial charge on any atom is -0.382 e. The third kappa shape index (κ3) is 4.60. The number of aromatic nitrogens is 4. The highest BCUT2D eigenvalue weighted by Gasteiger charge is 2.29. The molecule has 1 aliphatic heterocycles. The van der Waals surface area contributed by atoms with Gasteiger partial charge in [0, 0.05) is 32.8 Å². The highest BCUT2D eigenvalue weighted by atomic mass is 16.5. The molecule has 1 N–H and O–H groups in total. The molecule has 0 radical (unpaired) electrons. The van der Waals surface area contributed by atoms with Gasteiger partial charge >= 0.3 is 0 Å². The van der Waals surface area contributed by atoms with Crippen molar-refractivity contribution >= 4 is 22.6 Å². The summed E-state index contributed by atoms with van der Waals surface area (Å²) in [5, 5.41) is 18.0. The van der Waals surface area contributed by atoms with E-state index in [9.17, 15) is 4.79 Å². The van der Waals surface area contributed by atoms with E-state index >= 15 is 0 Å². The number of nitrogens with zero attached hydrogens (tertiary/aromatic N) is 5. The fraction of sp³-hybridized carbons (Fsp3) is 0.500. The second-order valence-corrected chi connectivity index (χ2v) is 8.29. The number of aryl methyl sites for hydroxylation is 2. The van der Waals surface area contributed by atoms with Gasteiger partial charge in [-0.25, -0.2) is 4.68 Å². The van der Waals surface area contributed by atoms with Crippen molar-refractivity contribution in [1.29, 1.82) is 0 Å². The molecule has 2 aromatic heterocycles. The molecule has 8 nitrogen and oxygen atoms in total. The van der Waals surface area contributed by atoms with E-state index in [1.165, 1.54) is 0 Å². The van der Waals surface area contributed by atoms with Crippen LogP contribution in [0.1, 0.15) is 37.6 Å². The van der Waals surface area contributed by atoms with E-state index in [0.717, 1.165) is 59.6 Å². The smallest absolute Gasteiger partial charge is 0.224 e. The summed E-state index contributed by atoms with van der Waals surface area (Å²) >= 11 is 0. The Hall–Kier alpha value is -3.00. The van der Waals surface area contributed by atoms with Crippen molar-refractivity contribution in [3.8, 4) is 5.69 Å². The Morgan fingerprint density at radius 3 is 2.81 bits per heavy atom. The molecule has 1 saturated heterocycles. The van der Waals surface area contributed by atoms with Crippen LogP contribution < -0.4 is 10.2 Å². The normalized spacial score (nSPS) is 16.5. The largest absolute Gasteiger partial charge is 0.382 e. The first-order chi connectivity index (χ1) is 15.6. The van der Waals surface area contributed by atoms with Crippen molar-refractivity contribution in [2.24, 2.45) is 5.92 Å². The highest BCUT2D eigenvalue weighted by Crippen LogP contribution is 2.31. The third-order valence-electron chi connectivity index (χ3n) is 6.05. The first-order valence-corrected chi connectivity index (χ1v) is 11.5. The number of carbonyl (C=O) groups is 1. The fourth-order valence-corrected chi connectivity index (χ4v) is 4.40. The van der Waals surface area contributed by atoms with Crippen molar-refractivity contribution in [3.63, 3.8) is 0 Å². The Bertz CT molecular complexity index is 1070. The summed E-state index contributed by atoms with van der Waals surface area (Å²) in [7, 11) is 0. The van der Waals surface area contributed by atoms with Crippen LogP contribution in [0.3, 0.4) is 0 Å². The predicted molar refractivity (Wildman–Crippen MR) is 125 cm³/mol. The van der Waals surface area contributed by atoms with Crippen LogP contribution in [0.2, 0.25) is 0 Å². The van der Waals surface area contributed by atoms with Gasteiger partial charge in [0.25, 0.3) is 0 Å². The van der Waals surface area contributed by atoms with Gasteiger partial charge < -0.3 is 15.0 Å². The van der Waals surface area contributed by atoms with Gasteiger partial charge in [0.05, 0.1) is 28.4 Å². The first-order valence-electron chi connectivity index (χ1n) is 11.5. The quantitative estimate of drug-likeness (QED) is 0.546. The Morgan fingerprint density at radius 2 is 2.03 bits per heavy atom. The number of benzene rings is 1. The van der Waals surface area contributed by atoms with Crippen molar-refractivity contribution in [3.05, 3.63) is 41.7 Å². The number of piperidine rings is 1. The number of hydrogen-bond acceptors (Lipinski definition) is 6. The van der Waals surface area contributed by atoms with Gasteiger partial charge in [0.1, 0.15) is 5.52 Å². The third-order valence-corrected chi connectivity index (χ3v) is 6.05. The topological polar surface area (TPSA) is 85.2 Å². The van der Waals surface area contributed by atoms with Crippen LogP contribution >= 0.6 is 0 Å². The van der Waals surface area contributed by atoms with Gasteiger partial charge in [-0.1, -0.05) is 18.2 Å². The van der Waals surface area contributed by atoms with Crippen LogP contribution in [0.5, 0.6) is 0 Å². The molecular weight excluding hydrogens is 404 g/mol. The molecule has 1 aliphatic rings. The Labute approximate surface area is 189 Å². The molecule has 8 heteroatoms. The van der Waals surface area contributed by atoms with Crippen LogP contribution in [-0.2, 0) is 9.53 Å². The molecule has 0 bridgehead atoms. The number of rotatable bonds is 8. The second kappa shape index (κ2) is 10.1. The van der Waals surface area contributed by atoms with Gasteiger partial charge in [-0.2, -0.15) is 10.2 Å². The number of ether oxygens (including phenoxy) is 1. The predicted octanol–water partition coefficient (Wildman–Crippen LogP) is 3.19. The van der Waals surface area contributed by atoms with Crippen LogP contribution in [0.4, 0.5) is 5.82 Å². The van der Waals surface area contributed by atoms with Crippen molar-refractivity contribution < 1.29 is 9.53 Å². The van der Waals surface area contributed by atoms with E-state index in [2.05, 4.69) is 27.3 Å². The average molecular weight is 437 g/mol. The summed E-state index contributed by atoms with van der Waals surface area (Å²) in [6, 6.07) is 10.1.